The Hall–Kier alpha value is -0.720. The normalized spacial score (nSPS) is 33.2. The predicted molar refractivity (Wildman–Crippen MR) is 95.5 cm³/mol. The molecule has 0 amide bonds. The minimum Gasteiger partial charge on any atom is -0.491 e. The van der Waals surface area contributed by atoms with E-state index in [2.05, 4.69) is 22.9 Å². The van der Waals surface area contributed by atoms with Crippen molar-refractivity contribution in [3.63, 3.8) is 0 Å². The highest BCUT2D eigenvalue weighted by atomic mass is 79.9. The molecule has 0 N–H and O–H groups in total. The molecule has 5 unspecified atom stereocenters. The molecule has 1 aromatic carbocycles. The van der Waals surface area contributed by atoms with Gasteiger partial charge in [-0.3, -0.25) is 0 Å². The van der Waals surface area contributed by atoms with E-state index in [1.807, 2.05) is 0 Å². The maximum Gasteiger partial charge on any atom is 0.200 e. The smallest absolute Gasteiger partial charge is 0.200 e. The first-order valence-electron chi connectivity index (χ1n) is 8.99. The monoisotopic (exact) mass is 418 g/mol. The first kappa shape index (κ1) is 19.1. The Morgan fingerprint density at radius 3 is 2.60 bits per heavy atom. The molecule has 0 radical (unpaired) electrons. The number of alkyl halides is 1. The topological polar surface area (TPSA) is 27.7 Å². The summed E-state index contributed by atoms with van der Waals surface area (Å²) in [4.78, 5) is 0.0393. The van der Waals surface area contributed by atoms with Crippen LogP contribution in [0.5, 0.6) is 5.75 Å². The molecule has 0 saturated carbocycles. The molecule has 0 aliphatic carbocycles. The third kappa shape index (κ3) is 4.17. The van der Waals surface area contributed by atoms with Gasteiger partial charge in [-0.2, -0.15) is 4.39 Å². The van der Waals surface area contributed by atoms with Crippen molar-refractivity contribution in [3.05, 3.63) is 29.3 Å². The van der Waals surface area contributed by atoms with Crippen LogP contribution in [0.3, 0.4) is 0 Å². The molecule has 25 heavy (non-hydrogen) atoms. The molecule has 140 valence electrons. The summed E-state index contributed by atoms with van der Waals surface area (Å²) in [6, 6.07) is 3.11. The van der Waals surface area contributed by atoms with Crippen molar-refractivity contribution >= 4 is 15.9 Å². The van der Waals surface area contributed by atoms with Crippen LogP contribution in [0.2, 0.25) is 0 Å². The number of hydrogen-bond donors (Lipinski definition) is 0. The van der Waals surface area contributed by atoms with E-state index in [0.717, 1.165) is 19.3 Å². The van der Waals surface area contributed by atoms with Gasteiger partial charge in [0.05, 0.1) is 32.0 Å². The van der Waals surface area contributed by atoms with Gasteiger partial charge in [-0.15, -0.1) is 0 Å². The van der Waals surface area contributed by atoms with Gasteiger partial charge in [0.25, 0.3) is 0 Å². The quantitative estimate of drug-likeness (QED) is 0.656. The van der Waals surface area contributed by atoms with Crippen LogP contribution in [0, 0.1) is 17.6 Å². The summed E-state index contributed by atoms with van der Waals surface area (Å²) in [5, 5.41) is 0. The highest BCUT2D eigenvalue weighted by molar-refractivity contribution is 9.09. The summed E-state index contributed by atoms with van der Waals surface area (Å²) >= 11 is 3.68. The van der Waals surface area contributed by atoms with E-state index in [0.29, 0.717) is 37.4 Å². The second-order valence-corrected chi connectivity index (χ2v) is 8.10. The van der Waals surface area contributed by atoms with E-state index in [4.69, 9.17) is 14.2 Å². The van der Waals surface area contributed by atoms with Gasteiger partial charge in [-0.25, -0.2) is 4.39 Å². The lowest BCUT2D eigenvalue weighted by atomic mass is 9.84. The Kier molecular flexibility index (Phi) is 6.34. The molecule has 5 atom stereocenters. The van der Waals surface area contributed by atoms with Gasteiger partial charge in [-0.05, 0) is 44.7 Å². The zero-order valence-electron chi connectivity index (χ0n) is 14.6. The Morgan fingerprint density at radius 1 is 1.16 bits per heavy atom. The average molecular weight is 419 g/mol. The Morgan fingerprint density at radius 2 is 1.96 bits per heavy atom. The lowest BCUT2D eigenvalue weighted by Crippen LogP contribution is -2.41. The zero-order chi connectivity index (χ0) is 18.0. The summed E-state index contributed by atoms with van der Waals surface area (Å²) in [6.07, 6.45) is 3.31. The lowest BCUT2D eigenvalue weighted by Gasteiger charge is -2.39. The molecule has 2 aliphatic heterocycles. The highest BCUT2D eigenvalue weighted by Crippen LogP contribution is 2.40. The predicted octanol–water partition coefficient (Wildman–Crippen LogP) is 4.81. The SMILES string of the molecule is CCOc1ccc(C2COC(C3CCC(C)OC3)CC2Br)c(F)c1F. The van der Waals surface area contributed by atoms with Gasteiger partial charge in [0.1, 0.15) is 0 Å². The second-order valence-electron chi connectivity index (χ2n) is 6.93. The fourth-order valence-corrected chi connectivity index (χ4v) is 4.50. The number of benzene rings is 1. The van der Waals surface area contributed by atoms with Gasteiger partial charge in [0.15, 0.2) is 11.6 Å². The van der Waals surface area contributed by atoms with E-state index >= 15 is 0 Å². The molecule has 2 aliphatic rings. The molecule has 6 heteroatoms. The van der Waals surface area contributed by atoms with Crippen molar-refractivity contribution in [2.75, 3.05) is 19.8 Å². The van der Waals surface area contributed by atoms with Gasteiger partial charge in [0, 0.05) is 16.7 Å². The van der Waals surface area contributed by atoms with Crippen molar-refractivity contribution < 1.29 is 23.0 Å². The summed E-state index contributed by atoms with van der Waals surface area (Å²) in [7, 11) is 0. The number of halogens is 3. The fourth-order valence-electron chi connectivity index (χ4n) is 3.70. The first-order chi connectivity index (χ1) is 12.0. The standard InChI is InChI=1S/C19H25BrF2O3/c1-3-23-16-7-6-13(18(21)19(16)22)14-10-25-17(8-15(14)20)12-5-4-11(2)24-9-12/h6-7,11-12,14-15,17H,3-5,8-10H2,1-2H3. The number of hydrogen-bond acceptors (Lipinski definition) is 3. The number of ether oxygens (including phenoxy) is 3. The Labute approximate surface area is 156 Å². The van der Waals surface area contributed by atoms with E-state index in [1.54, 1.807) is 13.0 Å². The maximum atomic E-state index is 14.5. The summed E-state index contributed by atoms with van der Waals surface area (Å²) in [5.41, 5.74) is 0.342. The molecular weight excluding hydrogens is 394 g/mol. The lowest BCUT2D eigenvalue weighted by molar-refractivity contribution is -0.0893. The van der Waals surface area contributed by atoms with Crippen LogP contribution in [-0.4, -0.2) is 36.9 Å². The molecule has 0 bridgehead atoms. The minimum absolute atomic E-state index is 0.0393. The van der Waals surface area contributed by atoms with Gasteiger partial charge < -0.3 is 14.2 Å². The van der Waals surface area contributed by atoms with Crippen LogP contribution in [0.15, 0.2) is 12.1 Å². The van der Waals surface area contributed by atoms with Gasteiger partial charge >= 0.3 is 0 Å². The zero-order valence-corrected chi connectivity index (χ0v) is 16.2. The van der Waals surface area contributed by atoms with Crippen LogP contribution in [0.4, 0.5) is 8.78 Å². The first-order valence-corrected chi connectivity index (χ1v) is 9.90. The van der Waals surface area contributed by atoms with Crippen LogP contribution in [0.1, 0.15) is 44.6 Å². The van der Waals surface area contributed by atoms with Crippen LogP contribution < -0.4 is 4.74 Å². The minimum atomic E-state index is -0.921. The molecule has 3 nitrogen and oxygen atoms in total. The summed E-state index contributed by atoms with van der Waals surface area (Å²) < 4.78 is 45.5. The Balaban J connectivity index is 1.68. The van der Waals surface area contributed by atoms with Gasteiger partial charge in [0.2, 0.25) is 5.82 Å². The van der Waals surface area contributed by atoms with E-state index in [1.165, 1.54) is 6.07 Å². The van der Waals surface area contributed by atoms with Crippen molar-refractivity contribution in [1.29, 1.82) is 0 Å². The highest BCUT2D eigenvalue weighted by Gasteiger charge is 2.37. The molecule has 2 fully saturated rings. The molecule has 1 aromatic rings. The van der Waals surface area contributed by atoms with Crippen molar-refractivity contribution in [3.8, 4) is 5.75 Å². The second kappa shape index (κ2) is 8.31. The molecule has 3 rings (SSSR count). The average Bonchev–Trinajstić information content (AvgIpc) is 2.60. The van der Waals surface area contributed by atoms with Gasteiger partial charge in [-0.1, -0.05) is 22.0 Å². The van der Waals surface area contributed by atoms with Crippen molar-refractivity contribution in [2.45, 2.75) is 56.1 Å². The summed E-state index contributed by atoms with van der Waals surface area (Å²) in [5.74, 6) is -1.64. The van der Waals surface area contributed by atoms with Crippen LogP contribution in [0.25, 0.3) is 0 Å². The fraction of sp³-hybridized carbons (Fsp3) is 0.684. The van der Waals surface area contributed by atoms with Crippen LogP contribution in [-0.2, 0) is 9.47 Å². The van der Waals surface area contributed by atoms with Crippen molar-refractivity contribution in [1.82, 2.24) is 0 Å². The molecule has 2 saturated heterocycles. The maximum absolute atomic E-state index is 14.5. The molecule has 0 spiro atoms. The van der Waals surface area contributed by atoms with Crippen molar-refractivity contribution in [2.24, 2.45) is 5.92 Å². The molecule has 2 heterocycles. The molecular formula is C19H25BrF2O3. The number of rotatable bonds is 4. The van der Waals surface area contributed by atoms with Crippen LogP contribution >= 0.6 is 15.9 Å². The Bertz CT molecular complexity index is 590. The third-order valence-electron chi connectivity index (χ3n) is 5.22. The third-order valence-corrected chi connectivity index (χ3v) is 6.24. The largest absolute Gasteiger partial charge is 0.491 e. The van der Waals surface area contributed by atoms with E-state index < -0.39 is 11.6 Å². The van der Waals surface area contributed by atoms with E-state index in [9.17, 15) is 8.78 Å². The van der Waals surface area contributed by atoms with E-state index in [-0.39, 0.29) is 22.6 Å². The molecule has 0 aromatic heterocycles. The summed E-state index contributed by atoms with van der Waals surface area (Å²) in [6.45, 7) is 5.21.